The minimum absolute atomic E-state index is 0.0565. The summed E-state index contributed by atoms with van der Waals surface area (Å²) in [6, 6.07) is -1.27. The lowest BCUT2D eigenvalue weighted by atomic mass is 9.93. The molecular formula is C24H38N4O7. The zero-order chi connectivity index (χ0) is 26.3. The molecule has 3 unspecified atom stereocenters. The van der Waals surface area contributed by atoms with Crippen LogP contribution in [0, 0.1) is 18.8 Å². The lowest BCUT2D eigenvalue weighted by Crippen LogP contribution is -2.58. The quantitative estimate of drug-likeness (QED) is 0.326. The molecule has 1 aliphatic rings. The number of hydrogen-bond acceptors (Lipinski definition) is 8. The summed E-state index contributed by atoms with van der Waals surface area (Å²) >= 11 is 0. The molecule has 0 spiro atoms. The van der Waals surface area contributed by atoms with Crippen LogP contribution in [0.15, 0.2) is 10.6 Å². The average molecular weight is 495 g/mol. The molecule has 1 saturated heterocycles. The topological polar surface area (TPSA) is 152 Å². The van der Waals surface area contributed by atoms with Crippen LogP contribution in [0.4, 0.5) is 0 Å². The highest BCUT2D eigenvalue weighted by atomic mass is 16.6. The highest BCUT2D eigenvalue weighted by Gasteiger charge is 2.50. The number of nitrogens with one attached hydrogen (secondary N) is 3. The molecular weight excluding hydrogens is 456 g/mol. The first-order chi connectivity index (χ1) is 16.4. The van der Waals surface area contributed by atoms with Gasteiger partial charge in [-0.1, -0.05) is 32.9 Å². The molecule has 1 aromatic rings. The van der Waals surface area contributed by atoms with Gasteiger partial charge in [0.2, 0.25) is 11.8 Å². The second kappa shape index (κ2) is 12.3. The third kappa shape index (κ3) is 8.43. The zero-order valence-corrected chi connectivity index (χ0v) is 21.6. The van der Waals surface area contributed by atoms with Gasteiger partial charge in [-0.2, -0.15) is 0 Å². The summed E-state index contributed by atoms with van der Waals surface area (Å²) < 4.78 is 15.3. The molecule has 35 heavy (non-hydrogen) atoms. The van der Waals surface area contributed by atoms with Gasteiger partial charge in [-0.25, -0.2) is 0 Å². The van der Waals surface area contributed by atoms with Crippen LogP contribution >= 0.6 is 0 Å². The van der Waals surface area contributed by atoms with E-state index in [-0.39, 0.29) is 29.9 Å². The van der Waals surface area contributed by atoms with Crippen molar-refractivity contribution in [1.82, 2.24) is 21.1 Å². The molecule has 3 amide bonds. The van der Waals surface area contributed by atoms with Gasteiger partial charge in [-0.15, -0.1) is 0 Å². The summed E-state index contributed by atoms with van der Waals surface area (Å²) in [5, 5.41) is 11.8. The number of carbonyl (C=O) groups is 4. The van der Waals surface area contributed by atoms with Crippen molar-refractivity contribution < 1.29 is 33.2 Å². The lowest BCUT2D eigenvalue weighted by Gasteiger charge is -2.26. The molecule has 1 fully saturated rings. The number of methoxy groups -OCH3 is 1. The predicted octanol–water partition coefficient (Wildman–Crippen LogP) is 1.15. The first-order valence-corrected chi connectivity index (χ1v) is 11.9. The smallest absolute Gasteiger partial charge is 0.274 e. The van der Waals surface area contributed by atoms with Crippen LogP contribution in [0.1, 0.15) is 63.7 Å². The van der Waals surface area contributed by atoms with E-state index in [1.54, 1.807) is 13.8 Å². The number of ketones is 1. The molecule has 11 nitrogen and oxygen atoms in total. The third-order valence-electron chi connectivity index (χ3n) is 5.59. The summed E-state index contributed by atoms with van der Waals surface area (Å²) in [5.74, 6) is -1.17. The number of aryl methyl sites for hydroxylation is 1. The summed E-state index contributed by atoms with van der Waals surface area (Å²) in [6.07, 6.45) is 0.764. The van der Waals surface area contributed by atoms with E-state index < -0.39 is 41.4 Å². The average Bonchev–Trinajstić information content (AvgIpc) is 3.37. The van der Waals surface area contributed by atoms with Crippen molar-refractivity contribution in [3.63, 3.8) is 0 Å². The van der Waals surface area contributed by atoms with Crippen molar-refractivity contribution in [2.45, 2.75) is 78.1 Å². The summed E-state index contributed by atoms with van der Waals surface area (Å²) in [7, 11) is 1.41. The molecule has 0 bridgehead atoms. The Balaban J connectivity index is 2.12. The Morgan fingerprint density at radius 2 is 1.54 bits per heavy atom. The van der Waals surface area contributed by atoms with Gasteiger partial charge in [0.1, 0.15) is 23.4 Å². The highest BCUT2D eigenvalue weighted by molar-refractivity contribution is 5.99. The maximum absolute atomic E-state index is 13.1. The minimum Gasteiger partial charge on any atom is -0.382 e. The van der Waals surface area contributed by atoms with Gasteiger partial charge in [0.25, 0.3) is 5.91 Å². The number of carbonyl (C=O) groups excluding carboxylic acids is 4. The monoisotopic (exact) mass is 494 g/mol. The number of hydrogen-bond donors (Lipinski definition) is 3. The normalized spacial score (nSPS) is 19.7. The lowest BCUT2D eigenvalue weighted by molar-refractivity contribution is -0.134. The van der Waals surface area contributed by atoms with Crippen molar-refractivity contribution in [2.75, 3.05) is 20.3 Å². The van der Waals surface area contributed by atoms with Crippen molar-refractivity contribution >= 4 is 23.5 Å². The molecule has 0 radical (unpaired) electrons. The Bertz CT molecular complexity index is 907. The maximum Gasteiger partial charge on any atom is 0.274 e. The van der Waals surface area contributed by atoms with Gasteiger partial charge in [0.15, 0.2) is 11.5 Å². The minimum atomic E-state index is -1.07. The second-order valence-corrected chi connectivity index (χ2v) is 10.1. The van der Waals surface area contributed by atoms with Gasteiger partial charge < -0.3 is 29.9 Å². The van der Waals surface area contributed by atoms with Gasteiger partial charge in [0, 0.05) is 13.2 Å². The Labute approximate surface area is 206 Å². The Kier molecular flexibility index (Phi) is 9.96. The van der Waals surface area contributed by atoms with E-state index in [1.807, 2.05) is 27.7 Å². The molecule has 1 aliphatic heterocycles. The third-order valence-corrected chi connectivity index (χ3v) is 5.59. The first kappa shape index (κ1) is 28.4. The second-order valence-electron chi connectivity index (χ2n) is 10.1. The molecule has 4 atom stereocenters. The molecule has 0 saturated carbocycles. The van der Waals surface area contributed by atoms with E-state index in [0.29, 0.717) is 25.2 Å². The van der Waals surface area contributed by atoms with Crippen LogP contribution in [0.3, 0.4) is 0 Å². The highest BCUT2D eigenvalue weighted by Crippen LogP contribution is 2.29. The number of Topliss-reactive ketones (excluding diaryl/α,β-unsaturated/α-hetero) is 1. The number of ether oxygens (including phenoxy) is 2. The number of epoxide rings is 1. The molecule has 11 heteroatoms. The number of nitrogens with zero attached hydrogens (tertiary/aromatic N) is 1. The molecule has 3 N–H and O–H groups in total. The van der Waals surface area contributed by atoms with Gasteiger partial charge in [-0.3, -0.25) is 19.2 Å². The molecule has 2 heterocycles. The summed E-state index contributed by atoms with van der Waals surface area (Å²) in [5.41, 5.74) is -0.833. The van der Waals surface area contributed by atoms with Gasteiger partial charge >= 0.3 is 0 Å². The van der Waals surface area contributed by atoms with E-state index in [2.05, 4.69) is 21.1 Å². The molecule has 0 aliphatic carbocycles. The van der Waals surface area contributed by atoms with Crippen LogP contribution < -0.4 is 16.0 Å². The fourth-order valence-electron chi connectivity index (χ4n) is 3.62. The fourth-order valence-corrected chi connectivity index (χ4v) is 3.62. The largest absolute Gasteiger partial charge is 0.382 e. The first-order valence-electron chi connectivity index (χ1n) is 11.9. The summed E-state index contributed by atoms with van der Waals surface area (Å²) in [6.45, 7) is 11.3. The van der Waals surface area contributed by atoms with Crippen LogP contribution in [-0.4, -0.2) is 72.7 Å². The van der Waals surface area contributed by atoms with E-state index in [4.69, 9.17) is 14.0 Å². The van der Waals surface area contributed by atoms with E-state index in [0.717, 1.165) is 0 Å². The van der Waals surface area contributed by atoms with Crippen LogP contribution in [-0.2, 0) is 23.9 Å². The SMILES string of the molecule is COC[C@H](NC(=O)C(CC(C)C)NC(=O)c1cc(C)on1)C(=O)NC(CC(C)C)C(=O)C1(C)CO1. The Morgan fingerprint density at radius 3 is 2.03 bits per heavy atom. The van der Waals surface area contributed by atoms with Crippen molar-refractivity contribution in [3.8, 4) is 0 Å². The number of aromatic nitrogens is 1. The van der Waals surface area contributed by atoms with Crippen molar-refractivity contribution in [3.05, 3.63) is 17.5 Å². The Morgan fingerprint density at radius 1 is 1.00 bits per heavy atom. The number of amides is 3. The van der Waals surface area contributed by atoms with Crippen molar-refractivity contribution in [2.24, 2.45) is 11.8 Å². The molecule has 0 aromatic carbocycles. The van der Waals surface area contributed by atoms with Gasteiger partial charge in [-0.05, 0) is 38.5 Å². The van der Waals surface area contributed by atoms with Crippen LogP contribution in [0.5, 0.6) is 0 Å². The van der Waals surface area contributed by atoms with Crippen LogP contribution in [0.2, 0.25) is 0 Å². The maximum atomic E-state index is 13.1. The van der Waals surface area contributed by atoms with E-state index in [1.165, 1.54) is 13.2 Å². The molecule has 1 aromatic heterocycles. The predicted molar refractivity (Wildman–Crippen MR) is 127 cm³/mol. The fraction of sp³-hybridized carbons (Fsp3) is 0.708. The standard InChI is InChI=1S/C24H38N4O7/c1-13(2)8-16(20(29)24(6)12-34-24)25-23(32)19(11-33-7)27-21(30)17(9-14(3)4)26-22(31)18-10-15(5)35-28-18/h10,13-14,16-17,19H,8-9,11-12H2,1-7H3,(H,25,32)(H,26,31)(H,27,30)/t16?,17?,19-,24?/m0/s1. The molecule has 196 valence electrons. The Hall–Kier alpha value is -2.79. The van der Waals surface area contributed by atoms with Crippen LogP contribution in [0.25, 0.3) is 0 Å². The van der Waals surface area contributed by atoms with Crippen molar-refractivity contribution in [1.29, 1.82) is 0 Å². The van der Waals surface area contributed by atoms with E-state index in [9.17, 15) is 19.2 Å². The zero-order valence-electron chi connectivity index (χ0n) is 21.6. The summed E-state index contributed by atoms with van der Waals surface area (Å²) in [4.78, 5) is 51.6. The van der Waals surface area contributed by atoms with Gasteiger partial charge in [0.05, 0.1) is 19.3 Å². The molecule has 2 rings (SSSR count). The van der Waals surface area contributed by atoms with E-state index >= 15 is 0 Å². The number of rotatable bonds is 14.